The summed E-state index contributed by atoms with van der Waals surface area (Å²) in [6, 6.07) is 3.80. The zero-order valence-corrected chi connectivity index (χ0v) is 12.4. The number of esters is 2. The van der Waals surface area contributed by atoms with Crippen LogP contribution in [0, 0.1) is 10.1 Å². The normalized spacial score (nSPS) is 16.7. The molecule has 0 aromatic heterocycles. The van der Waals surface area contributed by atoms with Crippen molar-refractivity contribution in [2.45, 2.75) is 12.5 Å². The first-order valence-corrected chi connectivity index (χ1v) is 6.92. The highest BCUT2D eigenvalue weighted by Crippen LogP contribution is 2.24. The van der Waals surface area contributed by atoms with Gasteiger partial charge in [-0.25, -0.2) is 9.59 Å². The Balaban J connectivity index is 2.20. The average molecular weight is 324 g/mol. The lowest BCUT2D eigenvalue weighted by molar-refractivity contribution is -0.384. The fourth-order valence-electron chi connectivity index (χ4n) is 2.03. The van der Waals surface area contributed by atoms with Crippen molar-refractivity contribution in [3.63, 3.8) is 0 Å². The number of ether oxygens (including phenoxy) is 3. The molecule has 0 spiro atoms. The lowest BCUT2D eigenvalue weighted by Gasteiger charge is -2.13. The number of nitro benzene ring substituents is 1. The van der Waals surface area contributed by atoms with Gasteiger partial charge in [-0.1, -0.05) is 0 Å². The predicted molar refractivity (Wildman–Crippen MR) is 78.2 cm³/mol. The lowest BCUT2D eigenvalue weighted by Crippen LogP contribution is -2.23. The number of cyclic esters (lactones) is 1. The second-order valence-corrected chi connectivity index (χ2v) is 4.76. The minimum atomic E-state index is -0.978. The van der Waals surface area contributed by atoms with Crippen molar-refractivity contribution in [2.24, 2.45) is 0 Å². The van der Waals surface area contributed by atoms with Crippen LogP contribution in [0.25, 0.3) is 0 Å². The Bertz CT molecular complexity index is 617. The molecule has 1 aromatic carbocycles. The lowest BCUT2D eigenvalue weighted by atomic mass is 10.1. The van der Waals surface area contributed by atoms with Crippen LogP contribution in [-0.2, 0) is 19.0 Å². The van der Waals surface area contributed by atoms with Gasteiger partial charge in [0.25, 0.3) is 5.69 Å². The summed E-state index contributed by atoms with van der Waals surface area (Å²) in [6.07, 6.45) is -0.708. The maximum absolute atomic E-state index is 12.3. The number of hydrogen-bond acceptors (Lipinski definition) is 8. The van der Waals surface area contributed by atoms with Crippen molar-refractivity contribution >= 4 is 23.3 Å². The van der Waals surface area contributed by atoms with Gasteiger partial charge in [0.05, 0.1) is 23.7 Å². The molecule has 9 heteroatoms. The van der Waals surface area contributed by atoms with E-state index in [1.54, 1.807) is 0 Å². The molecule has 1 aromatic rings. The zero-order chi connectivity index (χ0) is 16.8. The summed E-state index contributed by atoms with van der Waals surface area (Å²) in [6.45, 7) is 0.977. The van der Waals surface area contributed by atoms with E-state index in [1.165, 1.54) is 19.2 Å². The van der Waals surface area contributed by atoms with E-state index >= 15 is 0 Å². The monoisotopic (exact) mass is 324 g/mol. The summed E-state index contributed by atoms with van der Waals surface area (Å²) in [5, 5.41) is 13.8. The van der Waals surface area contributed by atoms with Gasteiger partial charge in [0.1, 0.15) is 0 Å². The number of rotatable bonds is 7. The highest BCUT2D eigenvalue weighted by atomic mass is 16.6. The molecule has 0 unspecified atom stereocenters. The van der Waals surface area contributed by atoms with Crippen LogP contribution in [0.3, 0.4) is 0 Å². The first kappa shape index (κ1) is 16.7. The van der Waals surface area contributed by atoms with Crippen LogP contribution in [0.4, 0.5) is 11.4 Å². The minimum absolute atomic E-state index is 0.0185. The molecule has 1 aliphatic heterocycles. The maximum Gasteiger partial charge on any atom is 0.347 e. The molecule has 0 saturated carbocycles. The van der Waals surface area contributed by atoms with E-state index in [1.807, 2.05) is 0 Å². The van der Waals surface area contributed by atoms with Gasteiger partial charge >= 0.3 is 11.9 Å². The number of nitrogens with one attached hydrogen (secondary N) is 1. The first-order valence-electron chi connectivity index (χ1n) is 6.92. The van der Waals surface area contributed by atoms with E-state index in [4.69, 9.17) is 14.2 Å². The molecule has 0 amide bonds. The summed E-state index contributed by atoms with van der Waals surface area (Å²) in [5.41, 5.74) is 0.0993. The van der Waals surface area contributed by atoms with Gasteiger partial charge in [-0.05, 0) is 6.07 Å². The molecule has 1 aliphatic rings. The molecule has 1 N–H and O–H groups in total. The number of methoxy groups -OCH3 is 1. The highest BCUT2D eigenvalue weighted by molar-refractivity contribution is 5.97. The number of benzene rings is 1. The third kappa shape index (κ3) is 4.16. The zero-order valence-electron chi connectivity index (χ0n) is 12.4. The van der Waals surface area contributed by atoms with Gasteiger partial charge in [0.15, 0.2) is 0 Å². The van der Waals surface area contributed by atoms with Crippen LogP contribution in [-0.4, -0.2) is 49.8 Å². The summed E-state index contributed by atoms with van der Waals surface area (Å²) in [7, 11) is 1.53. The van der Waals surface area contributed by atoms with E-state index < -0.39 is 23.0 Å². The molecular weight excluding hydrogens is 308 g/mol. The number of nitro groups is 1. The van der Waals surface area contributed by atoms with Gasteiger partial charge in [-0.3, -0.25) is 10.1 Å². The van der Waals surface area contributed by atoms with Crippen LogP contribution in [0.2, 0.25) is 0 Å². The van der Waals surface area contributed by atoms with E-state index in [2.05, 4.69) is 5.32 Å². The largest absolute Gasteiger partial charge is 0.463 e. The molecule has 1 saturated heterocycles. The SMILES string of the molecule is COCCNc1ccc([N+](=O)[O-])cc1C(=O)O[C@H]1CCOC1=O. The Morgan fingerprint density at radius 1 is 1.52 bits per heavy atom. The predicted octanol–water partition coefficient (Wildman–Crippen LogP) is 1.13. The van der Waals surface area contributed by atoms with Gasteiger partial charge in [-0.2, -0.15) is 0 Å². The summed E-state index contributed by atoms with van der Waals surface area (Å²) < 4.78 is 14.7. The number of carbonyl (C=O) groups is 2. The topological polar surface area (TPSA) is 117 Å². The molecule has 1 heterocycles. The van der Waals surface area contributed by atoms with Crippen molar-refractivity contribution < 1.29 is 28.7 Å². The number of non-ortho nitro benzene ring substituents is 1. The van der Waals surface area contributed by atoms with Gasteiger partial charge in [0, 0.05) is 37.9 Å². The Morgan fingerprint density at radius 2 is 2.30 bits per heavy atom. The molecule has 1 atom stereocenters. The third-order valence-corrected chi connectivity index (χ3v) is 3.19. The van der Waals surface area contributed by atoms with Crippen LogP contribution in [0.5, 0.6) is 0 Å². The number of nitrogens with zero attached hydrogens (tertiary/aromatic N) is 1. The van der Waals surface area contributed by atoms with E-state index in [-0.39, 0.29) is 24.3 Å². The Kier molecular flexibility index (Phi) is 5.47. The third-order valence-electron chi connectivity index (χ3n) is 3.19. The summed E-state index contributed by atoms with van der Waals surface area (Å²) >= 11 is 0. The van der Waals surface area contributed by atoms with Crippen LogP contribution < -0.4 is 5.32 Å². The Hall–Kier alpha value is -2.68. The molecule has 1 fully saturated rings. The fourth-order valence-corrected chi connectivity index (χ4v) is 2.03. The number of hydrogen-bond donors (Lipinski definition) is 1. The van der Waals surface area contributed by atoms with E-state index in [0.717, 1.165) is 6.07 Å². The highest BCUT2D eigenvalue weighted by Gasteiger charge is 2.31. The van der Waals surface area contributed by atoms with Crippen LogP contribution in [0.15, 0.2) is 18.2 Å². The van der Waals surface area contributed by atoms with E-state index in [9.17, 15) is 19.7 Å². The quantitative estimate of drug-likeness (QED) is 0.343. The van der Waals surface area contributed by atoms with Crippen molar-refractivity contribution in [1.82, 2.24) is 0 Å². The number of anilines is 1. The summed E-state index contributed by atoms with van der Waals surface area (Å²) in [5.74, 6) is -1.44. The first-order chi connectivity index (χ1) is 11.0. The maximum atomic E-state index is 12.3. The van der Waals surface area contributed by atoms with Crippen molar-refractivity contribution in [3.05, 3.63) is 33.9 Å². The van der Waals surface area contributed by atoms with Gasteiger partial charge in [0.2, 0.25) is 6.10 Å². The van der Waals surface area contributed by atoms with Crippen LogP contribution in [0.1, 0.15) is 16.8 Å². The molecule has 0 aliphatic carbocycles. The van der Waals surface area contributed by atoms with E-state index in [0.29, 0.717) is 18.8 Å². The average Bonchev–Trinajstić information content (AvgIpc) is 2.92. The van der Waals surface area contributed by atoms with Crippen molar-refractivity contribution in [1.29, 1.82) is 0 Å². The molecule has 2 rings (SSSR count). The molecule has 124 valence electrons. The van der Waals surface area contributed by atoms with Gasteiger partial charge in [-0.15, -0.1) is 0 Å². The Labute approximate surface area is 131 Å². The second-order valence-electron chi connectivity index (χ2n) is 4.76. The molecule has 0 radical (unpaired) electrons. The fraction of sp³-hybridized carbons (Fsp3) is 0.429. The number of carbonyl (C=O) groups excluding carboxylic acids is 2. The summed E-state index contributed by atoms with van der Waals surface area (Å²) in [4.78, 5) is 33.9. The smallest absolute Gasteiger partial charge is 0.347 e. The van der Waals surface area contributed by atoms with Crippen molar-refractivity contribution in [3.8, 4) is 0 Å². The molecule has 0 bridgehead atoms. The minimum Gasteiger partial charge on any atom is -0.463 e. The van der Waals surface area contributed by atoms with Crippen molar-refractivity contribution in [2.75, 3.05) is 32.2 Å². The van der Waals surface area contributed by atoms with Gasteiger partial charge < -0.3 is 19.5 Å². The molecular formula is C14H16N2O7. The second kappa shape index (κ2) is 7.54. The standard InChI is InChI=1S/C14H16N2O7/c1-21-7-5-15-11-3-2-9(16(19)20)8-10(11)13(17)23-12-4-6-22-14(12)18/h2-3,8,12,15H,4-7H2,1H3/t12-/m0/s1. The molecule has 23 heavy (non-hydrogen) atoms. The Morgan fingerprint density at radius 3 is 2.91 bits per heavy atom. The van der Waals surface area contributed by atoms with Crippen LogP contribution >= 0.6 is 0 Å². The molecule has 9 nitrogen and oxygen atoms in total.